The molecule has 0 saturated carbocycles. The molecule has 0 fully saturated rings. The van der Waals surface area contributed by atoms with Crippen molar-refractivity contribution in [3.05, 3.63) is 65.5 Å². The fraction of sp³-hybridized carbons (Fsp3) is 0.125. The molecule has 0 radical (unpaired) electrons. The van der Waals surface area contributed by atoms with Crippen LogP contribution in [-0.2, 0) is 11.2 Å². The number of nitrogens with one attached hydrogen (secondary N) is 1. The molecule has 0 aliphatic heterocycles. The highest BCUT2D eigenvalue weighted by Crippen LogP contribution is 2.16. The van der Waals surface area contributed by atoms with E-state index >= 15 is 0 Å². The van der Waals surface area contributed by atoms with Crippen molar-refractivity contribution >= 4 is 17.4 Å². The molecule has 0 saturated heterocycles. The summed E-state index contributed by atoms with van der Waals surface area (Å²) in [6.07, 6.45) is 0.0595. The predicted molar refractivity (Wildman–Crippen MR) is 75.2 cm³/mol. The van der Waals surface area contributed by atoms with Crippen LogP contribution in [0.5, 0.6) is 0 Å². The maximum atomic E-state index is 13.0. The van der Waals surface area contributed by atoms with E-state index in [1.807, 2.05) is 0 Å². The molecule has 20 heavy (non-hydrogen) atoms. The highest BCUT2D eigenvalue weighted by Gasteiger charge is 2.10. The van der Waals surface area contributed by atoms with Crippen LogP contribution < -0.4 is 5.32 Å². The number of Topliss-reactive ketones (excluding diaryl/α,β-unsaturated/α-hetero) is 1. The fourth-order valence-corrected chi connectivity index (χ4v) is 1.93. The Hall–Kier alpha value is -2.49. The number of halogens is 1. The van der Waals surface area contributed by atoms with E-state index in [0.717, 1.165) is 0 Å². The Bertz CT molecular complexity index is 652. The molecule has 0 spiro atoms. The third kappa shape index (κ3) is 3.51. The summed E-state index contributed by atoms with van der Waals surface area (Å²) < 4.78 is 13.0. The Morgan fingerprint density at radius 3 is 2.55 bits per heavy atom. The number of rotatable bonds is 4. The standard InChI is InChI=1S/C16H14FNO2/c1-11(19)14-7-2-3-8-15(14)18-16(20)10-12-5-4-6-13(17)9-12/h2-9H,10H2,1H3,(H,18,20). The van der Waals surface area contributed by atoms with Gasteiger partial charge >= 0.3 is 0 Å². The number of carbonyl (C=O) groups is 2. The molecule has 4 heteroatoms. The summed E-state index contributed by atoms with van der Waals surface area (Å²) in [5, 5.41) is 2.68. The van der Waals surface area contributed by atoms with Gasteiger partial charge in [0.1, 0.15) is 5.82 Å². The van der Waals surface area contributed by atoms with Crippen LogP contribution in [0.4, 0.5) is 10.1 Å². The first-order valence-electron chi connectivity index (χ1n) is 6.20. The van der Waals surface area contributed by atoms with E-state index in [0.29, 0.717) is 16.8 Å². The number of benzene rings is 2. The Morgan fingerprint density at radius 1 is 1.10 bits per heavy atom. The lowest BCUT2D eigenvalue weighted by molar-refractivity contribution is -0.115. The molecule has 3 nitrogen and oxygen atoms in total. The van der Waals surface area contributed by atoms with Crippen LogP contribution in [0.3, 0.4) is 0 Å². The molecule has 0 unspecified atom stereocenters. The maximum absolute atomic E-state index is 13.0. The number of carbonyl (C=O) groups excluding carboxylic acids is 2. The monoisotopic (exact) mass is 271 g/mol. The Balaban J connectivity index is 2.11. The zero-order valence-electron chi connectivity index (χ0n) is 11.0. The van der Waals surface area contributed by atoms with Crippen LogP contribution in [-0.4, -0.2) is 11.7 Å². The van der Waals surface area contributed by atoms with E-state index in [2.05, 4.69) is 5.32 Å². The van der Waals surface area contributed by atoms with Gasteiger partial charge in [-0.2, -0.15) is 0 Å². The van der Waals surface area contributed by atoms with Crippen LogP contribution in [0.2, 0.25) is 0 Å². The lowest BCUT2D eigenvalue weighted by atomic mass is 10.1. The molecule has 0 aromatic heterocycles. The first-order valence-corrected chi connectivity index (χ1v) is 6.20. The van der Waals surface area contributed by atoms with Crippen LogP contribution >= 0.6 is 0 Å². The molecule has 2 aromatic carbocycles. The number of hydrogen-bond donors (Lipinski definition) is 1. The minimum Gasteiger partial charge on any atom is -0.325 e. The van der Waals surface area contributed by atoms with Crippen LogP contribution in [0.1, 0.15) is 22.8 Å². The average molecular weight is 271 g/mol. The molecular weight excluding hydrogens is 257 g/mol. The molecule has 0 aliphatic carbocycles. The van der Waals surface area contributed by atoms with Crippen molar-refractivity contribution < 1.29 is 14.0 Å². The molecule has 0 heterocycles. The second-order valence-electron chi connectivity index (χ2n) is 4.46. The molecule has 102 valence electrons. The third-order valence-electron chi connectivity index (χ3n) is 2.83. The quantitative estimate of drug-likeness (QED) is 0.868. The summed E-state index contributed by atoms with van der Waals surface area (Å²) in [5.74, 6) is -0.782. The zero-order chi connectivity index (χ0) is 14.5. The van der Waals surface area contributed by atoms with Gasteiger partial charge < -0.3 is 5.32 Å². The number of amides is 1. The largest absolute Gasteiger partial charge is 0.325 e. The van der Waals surface area contributed by atoms with Crippen molar-refractivity contribution in [1.82, 2.24) is 0 Å². The summed E-state index contributed by atoms with van der Waals surface area (Å²) in [6.45, 7) is 1.44. The molecule has 1 N–H and O–H groups in total. The van der Waals surface area contributed by atoms with Gasteiger partial charge in [-0.1, -0.05) is 24.3 Å². The van der Waals surface area contributed by atoms with Crippen molar-refractivity contribution in [2.45, 2.75) is 13.3 Å². The third-order valence-corrected chi connectivity index (χ3v) is 2.83. The molecule has 2 aromatic rings. The SMILES string of the molecule is CC(=O)c1ccccc1NC(=O)Cc1cccc(F)c1. The lowest BCUT2D eigenvalue weighted by Crippen LogP contribution is -2.16. The summed E-state index contributed by atoms with van der Waals surface area (Å²) in [4.78, 5) is 23.4. The molecule has 2 rings (SSSR count). The number of para-hydroxylation sites is 1. The van der Waals surface area contributed by atoms with Crippen LogP contribution in [0.15, 0.2) is 48.5 Å². The minimum absolute atomic E-state index is 0.0595. The van der Waals surface area contributed by atoms with E-state index in [-0.39, 0.29) is 23.9 Å². The fourth-order valence-electron chi connectivity index (χ4n) is 1.93. The minimum atomic E-state index is -0.376. The van der Waals surface area contributed by atoms with E-state index in [9.17, 15) is 14.0 Å². The van der Waals surface area contributed by atoms with E-state index < -0.39 is 0 Å². The lowest BCUT2D eigenvalue weighted by Gasteiger charge is -2.09. The van der Waals surface area contributed by atoms with Gasteiger partial charge in [-0.15, -0.1) is 0 Å². The first-order chi connectivity index (χ1) is 9.56. The second kappa shape index (κ2) is 6.10. The van der Waals surface area contributed by atoms with E-state index in [4.69, 9.17) is 0 Å². The van der Waals surface area contributed by atoms with Crippen molar-refractivity contribution in [1.29, 1.82) is 0 Å². The first kappa shape index (κ1) is 13.9. The van der Waals surface area contributed by atoms with Crippen molar-refractivity contribution in [2.75, 3.05) is 5.32 Å². The van der Waals surface area contributed by atoms with Crippen molar-refractivity contribution in [3.8, 4) is 0 Å². The predicted octanol–water partition coefficient (Wildman–Crippen LogP) is 3.21. The van der Waals surface area contributed by atoms with Gasteiger partial charge in [-0.05, 0) is 36.8 Å². The number of hydrogen-bond acceptors (Lipinski definition) is 2. The van der Waals surface area contributed by atoms with Crippen molar-refractivity contribution in [3.63, 3.8) is 0 Å². The van der Waals surface area contributed by atoms with E-state index in [1.165, 1.54) is 19.1 Å². The zero-order valence-corrected chi connectivity index (χ0v) is 11.0. The van der Waals surface area contributed by atoms with Gasteiger partial charge in [-0.3, -0.25) is 9.59 Å². The summed E-state index contributed by atoms with van der Waals surface area (Å²) in [5.41, 5.74) is 1.52. The average Bonchev–Trinajstić information content (AvgIpc) is 2.38. The van der Waals surface area contributed by atoms with Crippen LogP contribution in [0.25, 0.3) is 0 Å². The topological polar surface area (TPSA) is 46.2 Å². The van der Waals surface area contributed by atoms with Gasteiger partial charge in [0.05, 0.1) is 12.1 Å². The molecule has 0 atom stereocenters. The van der Waals surface area contributed by atoms with Crippen molar-refractivity contribution in [2.24, 2.45) is 0 Å². The van der Waals surface area contributed by atoms with Gasteiger partial charge in [0.15, 0.2) is 5.78 Å². The second-order valence-corrected chi connectivity index (χ2v) is 4.46. The van der Waals surface area contributed by atoms with Gasteiger partial charge in [0.2, 0.25) is 5.91 Å². The maximum Gasteiger partial charge on any atom is 0.228 e. The van der Waals surface area contributed by atoms with E-state index in [1.54, 1.807) is 36.4 Å². The number of ketones is 1. The Morgan fingerprint density at radius 2 is 1.85 bits per heavy atom. The summed E-state index contributed by atoms with van der Waals surface area (Å²) in [6, 6.07) is 12.7. The summed E-state index contributed by atoms with van der Waals surface area (Å²) in [7, 11) is 0. The smallest absolute Gasteiger partial charge is 0.228 e. The Labute approximate surface area is 116 Å². The van der Waals surface area contributed by atoms with Crippen LogP contribution in [0, 0.1) is 5.82 Å². The van der Waals surface area contributed by atoms with Gasteiger partial charge in [0, 0.05) is 5.56 Å². The van der Waals surface area contributed by atoms with Gasteiger partial charge in [-0.25, -0.2) is 4.39 Å². The highest BCUT2D eigenvalue weighted by atomic mass is 19.1. The van der Waals surface area contributed by atoms with Gasteiger partial charge in [0.25, 0.3) is 0 Å². The highest BCUT2D eigenvalue weighted by molar-refractivity contribution is 6.03. The summed E-state index contributed by atoms with van der Waals surface area (Å²) >= 11 is 0. The molecule has 1 amide bonds. The molecular formula is C16H14FNO2. The number of anilines is 1. The molecule has 0 aliphatic rings. The normalized spacial score (nSPS) is 10.1. The molecule has 0 bridgehead atoms. The Kier molecular flexibility index (Phi) is 4.25.